The Labute approximate surface area is 495 Å². The van der Waals surface area contributed by atoms with Crippen LogP contribution in [0, 0.1) is 0 Å². The van der Waals surface area contributed by atoms with Crippen LogP contribution in [0.5, 0.6) is 23.0 Å². The van der Waals surface area contributed by atoms with Crippen molar-refractivity contribution in [2.24, 2.45) is 0 Å². The van der Waals surface area contributed by atoms with Crippen LogP contribution < -0.4 is 18.9 Å². The maximum Gasteiger partial charge on any atom is 0.341 e. The van der Waals surface area contributed by atoms with Crippen molar-refractivity contribution in [3.8, 4) is 67.5 Å². The molecule has 9 rings (SSSR count). The SMILES string of the molecule is CCCCCCCCCCCCOc1ccc(-c2c3nc(c(-c4ccc(OCC(=O)O)cc4)c4ccc([nH]4)c(-c4ccc(OCC(=O)O)cc4)c4nc(c(-c5ccc(OCCCCCCCCCCCC)cc5)c5ccc2[nH]5)C=C4)C=C3)cc1. The molecule has 2 aliphatic rings. The normalized spacial score (nSPS) is 11.7. The van der Waals surface area contributed by atoms with Crippen molar-refractivity contribution in [1.29, 1.82) is 0 Å². The van der Waals surface area contributed by atoms with Crippen molar-refractivity contribution in [1.82, 2.24) is 19.9 Å². The molecule has 0 amide bonds. The molecule has 12 nitrogen and oxygen atoms in total. The number of carbonyl (C=O) groups is 2. The summed E-state index contributed by atoms with van der Waals surface area (Å²) in [5.74, 6) is 0.382. The first-order valence-corrected chi connectivity index (χ1v) is 30.8. The zero-order chi connectivity index (χ0) is 58.3. The van der Waals surface area contributed by atoms with Crippen molar-refractivity contribution in [2.45, 2.75) is 142 Å². The van der Waals surface area contributed by atoms with Crippen molar-refractivity contribution in [2.75, 3.05) is 26.4 Å². The molecular weight excluding hydrogens is 1050 g/mol. The zero-order valence-corrected chi connectivity index (χ0v) is 49.1. The summed E-state index contributed by atoms with van der Waals surface area (Å²) in [6.07, 6.45) is 33.6. The number of benzene rings is 4. The summed E-state index contributed by atoms with van der Waals surface area (Å²) >= 11 is 0. The Kier molecular flexibility index (Phi) is 22.5. The first-order chi connectivity index (χ1) is 41.2. The van der Waals surface area contributed by atoms with Crippen molar-refractivity contribution >= 4 is 58.3 Å². The smallest absolute Gasteiger partial charge is 0.341 e. The second-order valence-electron chi connectivity index (χ2n) is 22.0. The summed E-state index contributed by atoms with van der Waals surface area (Å²) in [7, 11) is 0. The number of H-pyrrole nitrogens is 2. The predicted molar refractivity (Wildman–Crippen MR) is 342 cm³/mol. The maximum absolute atomic E-state index is 11.4. The van der Waals surface area contributed by atoms with E-state index in [1.165, 1.54) is 103 Å². The molecule has 2 aliphatic heterocycles. The fourth-order valence-electron chi connectivity index (χ4n) is 11.1. The van der Waals surface area contributed by atoms with Crippen LogP contribution in [0.2, 0.25) is 0 Å². The zero-order valence-electron chi connectivity index (χ0n) is 49.1. The van der Waals surface area contributed by atoms with Crippen LogP contribution in [-0.4, -0.2) is 68.5 Å². The van der Waals surface area contributed by atoms with E-state index < -0.39 is 25.2 Å². The number of nitrogens with zero attached hydrogens (tertiary/aromatic N) is 2. The quantitative estimate of drug-likeness (QED) is 0.0285. The predicted octanol–water partition coefficient (Wildman–Crippen LogP) is 18.8. The van der Waals surface area contributed by atoms with E-state index in [2.05, 4.69) is 96.6 Å². The number of carboxylic acids is 2. The summed E-state index contributed by atoms with van der Waals surface area (Å²) in [5, 5.41) is 18.7. The Bertz CT molecular complexity index is 3260. The molecule has 0 radical (unpaired) electrons. The van der Waals surface area contributed by atoms with Gasteiger partial charge in [-0.3, -0.25) is 0 Å². The minimum absolute atomic E-state index is 0.428. The molecule has 7 aromatic rings. The van der Waals surface area contributed by atoms with Gasteiger partial charge in [-0.05, 0) is 132 Å². The van der Waals surface area contributed by atoms with E-state index in [0.29, 0.717) is 36.1 Å². The molecule has 0 atom stereocenters. The molecule has 0 spiro atoms. The third kappa shape index (κ3) is 16.9. The molecule has 3 aromatic heterocycles. The molecule has 8 bridgehead atoms. The van der Waals surface area contributed by atoms with Crippen molar-refractivity contribution < 1.29 is 38.7 Å². The summed E-state index contributed by atoms with van der Waals surface area (Å²) in [6, 6.07) is 39.7. The van der Waals surface area contributed by atoms with Crippen LogP contribution in [0.3, 0.4) is 0 Å². The molecule has 5 heterocycles. The number of aromatic amines is 2. The van der Waals surface area contributed by atoms with Gasteiger partial charge in [0.25, 0.3) is 0 Å². The van der Waals surface area contributed by atoms with E-state index in [0.717, 1.165) is 115 Å². The number of carboxylic acid groups (broad SMARTS) is 2. The summed E-state index contributed by atoms with van der Waals surface area (Å²) in [4.78, 5) is 41.4. The number of hydrogen-bond acceptors (Lipinski definition) is 8. The highest BCUT2D eigenvalue weighted by Crippen LogP contribution is 2.40. The average molecular weight is 1130 g/mol. The number of rotatable bonds is 34. The van der Waals surface area contributed by atoms with Gasteiger partial charge in [-0.2, -0.15) is 0 Å². The van der Waals surface area contributed by atoms with Gasteiger partial charge in [-0.1, -0.05) is 178 Å². The summed E-state index contributed by atoms with van der Waals surface area (Å²) < 4.78 is 23.8. The first kappa shape index (κ1) is 60.2. The van der Waals surface area contributed by atoms with E-state index in [1.807, 2.05) is 48.6 Å². The van der Waals surface area contributed by atoms with Gasteiger partial charge >= 0.3 is 11.9 Å². The van der Waals surface area contributed by atoms with Crippen LogP contribution in [0.4, 0.5) is 0 Å². The Balaban J connectivity index is 1.12. The van der Waals surface area contributed by atoms with Crippen LogP contribution in [0.1, 0.15) is 165 Å². The number of nitrogens with one attached hydrogen (secondary N) is 2. The molecule has 4 aromatic carbocycles. The van der Waals surface area contributed by atoms with Gasteiger partial charge in [-0.15, -0.1) is 0 Å². The average Bonchev–Trinajstić information content (AvgIpc) is 4.47. The van der Waals surface area contributed by atoms with E-state index in [-0.39, 0.29) is 0 Å². The highest BCUT2D eigenvalue weighted by molar-refractivity contribution is 6.00. The Morgan fingerprint density at radius 1 is 0.333 bits per heavy atom. The van der Waals surface area contributed by atoms with E-state index in [4.69, 9.17) is 28.9 Å². The fourth-order valence-corrected chi connectivity index (χ4v) is 11.1. The minimum Gasteiger partial charge on any atom is -0.494 e. The van der Waals surface area contributed by atoms with Gasteiger partial charge in [0.05, 0.1) is 36.0 Å². The second kappa shape index (κ2) is 31.3. The lowest BCUT2D eigenvalue weighted by molar-refractivity contribution is -0.140. The lowest BCUT2D eigenvalue weighted by Crippen LogP contribution is -2.09. The minimum atomic E-state index is -1.06. The summed E-state index contributed by atoms with van der Waals surface area (Å²) in [6.45, 7) is 4.95. The highest BCUT2D eigenvalue weighted by Gasteiger charge is 2.20. The van der Waals surface area contributed by atoms with Gasteiger partial charge < -0.3 is 39.1 Å². The Hall–Kier alpha value is -8.38. The largest absolute Gasteiger partial charge is 0.494 e. The van der Waals surface area contributed by atoms with Crippen LogP contribution in [0.15, 0.2) is 121 Å². The van der Waals surface area contributed by atoms with Crippen LogP contribution >= 0.6 is 0 Å². The molecule has 0 unspecified atom stereocenters. The van der Waals surface area contributed by atoms with Gasteiger partial charge in [0, 0.05) is 44.3 Å². The number of aliphatic carboxylic acids is 2. The number of hydrogen-bond donors (Lipinski definition) is 4. The van der Waals surface area contributed by atoms with Crippen LogP contribution in [-0.2, 0) is 9.59 Å². The molecule has 84 heavy (non-hydrogen) atoms. The number of aromatic nitrogens is 4. The maximum atomic E-state index is 11.4. The number of unbranched alkanes of at least 4 members (excludes halogenated alkanes) is 18. The van der Waals surface area contributed by atoms with Crippen molar-refractivity contribution in [3.05, 3.63) is 144 Å². The van der Waals surface area contributed by atoms with Crippen LogP contribution in [0.25, 0.3) is 90.9 Å². The fraction of sp³-hybridized carbons (Fsp3) is 0.361. The Morgan fingerprint density at radius 2 is 0.571 bits per heavy atom. The topological polar surface area (TPSA) is 169 Å². The third-order valence-electron chi connectivity index (χ3n) is 15.6. The van der Waals surface area contributed by atoms with Gasteiger partial charge in [-0.25, -0.2) is 19.6 Å². The highest BCUT2D eigenvalue weighted by atomic mass is 16.5. The van der Waals surface area contributed by atoms with Gasteiger partial charge in [0.15, 0.2) is 13.2 Å². The second-order valence-corrected chi connectivity index (χ2v) is 22.0. The Morgan fingerprint density at radius 3 is 0.821 bits per heavy atom. The van der Waals surface area contributed by atoms with E-state index in [9.17, 15) is 19.8 Å². The molecule has 4 N–H and O–H groups in total. The molecule has 0 fully saturated rings. The van der Waals surface area contributed by atoms with Gasteiger partial charge in [0.1, 0.15) is 23.0 Å². The van der Waals surface area contributed by atoms with E-state index >= 15 is 0 Å². The molecular formula is C72H82N4O8. The number of ether oxygens (including phenoxy) is 4. The standard InChI is InChI=1S/C72H82N4O8/c1-3-5-7-9-11-13-15-17-19-21-47-81-55-31-23-51(24-32-55)69-59-39-40-60(73-59)70(52-25-33-56(34-26-52)82-48-22-20-18-16-14-12-10-8-6-4-2)62-42-44-64(75-62)72(54-29-37-58(38-30-54)84-50-68(79)80)66-46-45-65(76-66)71(63-43-41-61(69)74-63)53-27-35-57(36-28-53)83-49-67(77)78/h23-46,73,76H,3-22,47-50H2,1-2H3,(H,77,78)(H,79,80). The molecule has 0 saturated carbocycles. The first-order valence-electron chi connectivity index (χ1n) is 30.8. The molecule has 0 saturated heterocycles. The monoisotopic (exact) mass is 1130 g/mol. The lowest BCUT2D eigenvalue weighted by atomic mass is 10.0. The molecule has 12 heteroatoms. The molecule has 438 valence electrons. The third-order valence-corrected chi connectivity index (χ3v) is 15.6. The lowest BCUT2D eigenvalue weighted by Gasteiger charge is -2.10. The van der Waals surface area contributed by atoms with Gasteiger partial charge in [0.2, 0.25) is 0 Å². The van der Waals surface area contributed by atoms with Crippen molar-refractivity contribution in [3.63, 3.8) is 0 Å². The summed E-state index contributed by atoms with van der Waals surface area (Å²) in [5.41, 5.74) is 13.2. The number of fused-ring (bicyclic) bond motifs is 8. The molecule has 0 aliphatic carbocycles. The van der Waals surface area contributed by atoms with E-state index in [1.54, 1.807) is 24.3 Å².